The van der Waals surface area contributed by atoms with Gasteiger partial charge in [-0.25, -0.2) is 4.39 Å². The molecule has 3 nitrogen and oxygen atoms in total. The molecule has 0 atom stereocenters. The van der Waals surface area contributed by atoms with E-state index >= 15 is 0 Å². The van der Waals surface area contributed by atoms with Crippen molar-refractivity contribution in [3.8, 4) is 11.4 Å². The Morgan fingerprint density at radius 2 is 2.11 bits per heavy atom. The van der Waals surface area contributed by atoms with E-state index in [4.69, 9.17) is 11.6 Å². The zero-order valence-electron chi connectivity index (χ0n) is 9.99. The molecule has 6 heteroatoms. The van der Waals surface area contributed by atoms with Gasteiger partial charge in [-0.2, -0.15) is 0 Å². The van der Waals surface area contributed by atoms with Crippen molar-refractivity contribution < 1.29 is 4.39 Å². The molecule has 0 saturated carbocycles. The number of benzene rings is 1. The number of alkyl halides is 1. The lowest BCUT2D eigenvalue weighted by Crippen LogP contribution is -2.07. The Morgan fingerprint density at radius 3 is 2.72 bits per heavy atom. The first kappa shape index (κ1) is 13.5. The van der Waals surface area contributed by atoms with Gasteiger partial charge in [0.2, 0.25) is 0 Å². The number of halogens is 3. The van der Waals surface area contributed by atoms with Crippen molar-refractivity contribution in [2.24, 2.45) is 0 Å². The highest BCUT2D eigenvalue weighted by molar-refractivity contribution is 9.10. The number of hydrogen-bond acceptors (Lipinski definition) is 2. The van der Waals surface area contributed by atoms with Crippen molar-refractivity contribution in [1.29, 1.82) is 0 Å². The molecule has 0 saturated heterocycles. The molecule has 1 aromatic heterocycles. The Kier molecular flexibility index (Phi) is 4.02. The quantitative estimate of drug-likeness (QED) is 0.790. The van der Waals surface area contributed by atoms with Crippen LogP contribution in [0.4, 0.5) is 4.39 Å². The van der Waals surface area contributed by atoms with E-state index in [1.807, 2.05) is 18.4 Å². The molecule has 2 aromatic rings. The second kappa shape index (κ2) is 5.36. The zero-order valence-corrected chi connectivity index (χ0v) is 12.3. The molecule has 2 rings (SSSR count). The summed E-state index contributed by atoms with van der Waals surface area (Å²) >= 11 is 9.08. The standard InChI is InChI=1S/C12H12BrClFN3/c1-7(2)18-10(6-14)16-17-12(18)8-4-3-5-9(15)11(8)13/h3-5,7H,6H2,1-2H3. The van der Waals surface area contributed by atoms with Crippen LogP contribution in [0.5, 0.6) is 0 Å². The number of hydrogen-bond donors (Lipinski definition) is 0. The molecule has 0 aliphatic rings. The normalized spacial score (nSPS) is 11.2. The average molecular weight is 333 g/mol. The molecule has 0 amide bonds. The Balaban J connectivity index is 2.64. The third-order valence-electron chi connectivity index (χ3n) is 2.59. The van der Waals surface area contributed by atoms with E-state index in [0.29, 0.717) is 21.7 Å². The van der Waals surface area contributed by atoms with Crippen LogP contribution in [0, 0.1) is 5.82 Å². The number of rotatable bonds is 3. The summed E-state index contributed by atoms with van der Waals surface area (Å²) in [4.78, 5) is 0. The Bertz CT molecular complexity index is 568. The Labute approximate surface area is 118 Å². The van der Waals surface area contributed by atoms with Crippen LogP contribution in [0.2, 0.25) is 0 Å². The van der Waals surface area contributed by atoms with E-state index in [1.165, 1.54) is 6.07 Å². The van der Waals surface area contributed by atoms with Crippen molar-refractivity contribution in [2.75, 3.05) is 0 Å². The minimum Gasteiger partial charge on any atom is -0.307 e. The van der Waals surface area contributed by atoms with Gasteiger partial charge in [0.05, 0.1) is 10.4 Å². The molecule has 0 fully saturated rings. The van der Waals surface area contributed by atoms with Crippen LogP contribution < -0.4 is 0 Å². The van der Waals surface area contributed by atoms with Crippen LogP contribution in [0.1, 0.15) is 25.7 Å². The highest BCUT2D eigenvalue weighted by Gasteiger charge is 2.18. The van der Waals surface area contributed by atoms with Crippen LogP contribution in [-0.2, 0) is 5.88 Å². The molecule has 1 aromatic carbocycles. The van der Waals surface area contributed by atoms with Gasteiger partial charge < -0.3 is 4.57 Å². The molecular formula is C12H12BrClFN3. The SMILES string of the molecule is CC(C)n1c(CCl)nnc1-c1cccc(F)c1Br. The summed E-state index contributed by atoms with van der Waals surface area (Å²) in [5.74, 6) is 1.25. The highest BCUT2D eigenvalue weighted by Crippen LogP contribution is 2.31. The molecule has 0 aliphatic heterocycles. The molecule has 0 radical (unpaired) electrons. The molecule has 1 heterocycles. The minimum absolute atomic E-state index is 0.152. The maximum Gasteiger partial charge on any atom is 0.165 e. The van der Waals surface area contributed by atoms with Crippen LogP contribution in [-0.4, -0.2) is 14.8 Å². The topological polar surface area (TPSA) is 30.7 Å². The monoisotopic (exact) mass is 331 g/mol. The smallest absolute Gasteiger partial charge is 0.165 e. The fraction of sp³-hybridized carbons (Fsp3) is 0.333. The summed E-state index contributed by atoms with van der Waals surface area (Å²) in [5, 5.41) is 8.15. The Hall–Kier alpha value is -0.940. The largest absolute Gasteiger partial charge is 0.307 e. The van der Waals surface area contributed by atoms with Gasteiger partial charge >= 0.3 is 0 Å². The highest BCUT2D eigenvalue weighted by atomic mass is 79.9. The van der Waals surface area contributed by atoms with E-state index in [-0.39, 0.29) is 17.7 Å². The predicted molar refractivity (Wildman–Crippen MR) is 73.1 cm³/mol. The van der Waals surface area contributed by atoms with Crippen LogP contribution in [0.3, 0.4) is 0 Å². The lowest BCUT2D eigenvalue weighted by molar-refractivity contribution is 0.583. The summed E-state index contributed by atoms with van der Waals surface area (Å²) in [6.45, 7) is 4.02. The first-order valence-corrected chi connectivity index (χ1v) is 6.83. The van der Waals surface area contributed by atoms with Gasteiger partial charge in [0.25, 0.3) is 0 Å². The van der Waals surface area contributed by atoms with Crippen molar-refractivity contribution in [2.45, 2.75) is 25.8 Å². The van der Waals surface area contributed by atoms with Crippen molar-refractivity contribution in [3.05, 3.63) is 34.3 Å². The maximum absolute atomic E-state index is 13.6. The molecule has 0 bridgehead atoms. The van der Waals surface area contributed by atoms with E-state index in [2.05, 4.69) is 26.1 Å². The summed E-state index contributed by atoms with van der Waals surface area (Å²) < 4.78 is 15.9. The van der Waals surface area contributed by atoms with Gasteiger partial charge in [-0.05, 0) is 41.9 Å². The Morgan fingerprint density at radius 1 is 1.39 bits per heavy atom. The maximum atomic E-state index is 13.6. The van der Waals surface area contributed by atoms with Crippen molar-refractivity contribution in [1.82, 2.24) is 14.8 Å². The molecule has 0 unspecified atom stereocenters. The molecule has 0 spiro atoms. The summed E-state index contributed by atoms with van der Waals surface area (Å²) in [6, 6.07) is 4.99. The van der Waals surface area contributed by atoms with Gasteiger partial charge in [0, 0.05) is 11.6 Å². The van der Waals surface area contributed by atoms with Crippen molar-refractivity contribution in [3.63, 3.8) is 0 Å². The number of nitrogens with zero attached hydrogens (tertiary/aromatic N) is 3. The molecular weight excluding hydrogens is 321 g/mol. The zero-order chi connectivity index (χ0) is 13.3. The number of aromatic nitrogens is 3. The summed E-state index contributed by atoms with van der Waals surface area (Å²) in [7, 11) is 0. The van der Waals surface area contributed by atoms with Crippen LogP contribution in [0.25, 0.3) is 11.4 Å². The van der Waals surface area contributed by atoms with Gasteiger partial charge in [-0.1, -0.05) is 6.07 Å². The fourth-order valence-electron chi connectivity index (χ4n) is 1.82. The predicted octanol–water partition coefficient (Wildman–Crippen LogP) is 4.17. The van der Waals surface area contributed by atoms with E-state index in [9.17, 15) is 4.39 Å². The first-order chi connectivity index (χ1) is 8.56. The molecule has 0 aliphatic carbocycles. The van der Waals surface area contributed by atoms with Gasteiger partial charge in [-0.15, -0.1) is 21.8 Å². The second-order valence-corrected chi connectivity index (χ2v) is 5.20. The minimum atomic E-state index is -0.321. The van der Waals surface area contributed by atoms with E-state index < -0.39 is 0 Å². The average Bonchev–Trinajstić information content (AvgIpc) is 2.76. The molecule has 0 N–H and O–H groups in total. The molecule has 96 valence electrons. The third-order valence-corrected chi connectivity index (χ3v) is 3.64. The lowest BCUT2D eigenvalue weighted by Gasteiger charge is -2.13. The molecule has 18 heavy (non-hydrogen) atoms. The summed E-state index contributed by atoms with van der Waals surface area (Å²) in [5.41, 5.74) is 0.674. The van der Waals surface area contributed by atoms with E-state index in [0.717, 1.165) is 0 Å². The summed E-state index contributed by atoms with van der Waals surface area (Å²) in [6.07, 6.45) is 0. The van der Waals surface area contributed by atoms with Gasteiger partial charge in [0.1, 0.15) is 11.6 Å². The van der Waals surface area contributed by atoms with E-state index in [1.54, 1.807) is 12.1 Å². The van der Waals surface area contributed by atoms with Crippen molar-refractivity contribution >= 4 is 27.5 Å². The van der Waals surface area contributed by atoms with Gasteiger partial charge in [0.15, 0.2) is 5.82 Å². The fourth-order valence-corrected chi connectivity index (χ4v) is 2.44. The van der Waals surface area contributed by atoms with Crippen LogP contribution in [0.15, 0.2) is 22.7 Å². The third kappa shape index (κ3) is 2.29. The lowest BCUT2D eigenvalue weighted by atomic mass is 10.2. The second-order valence-electron chi connectivity index (χ2n) is 4.14. The first-order valence-electron chi connectivity index (χ1n) is 5.50. The van der Waals surface area contributed by atoms with Gasteiger partial charge in [-0.3, -0.25) is 0 Å². The van der Waals surface area contributed by atoms with Crippen LogP contribution >= 0.6 is 27.5 Å².